The van der Waals surface area contributed by atoms with Crippen LogP contribution in [0.3, 0.4) is 0 Å². The zero-order chi connectivity index (χ0) is 22.8. The van der Waals surface area contributed by atoms with Crippen molar-refractivity contribution >= 4 is 39.1 Å². The van der Waals surface area contributed by atoms with Gasteiger partial charge in [0.1, 0.15) is 18.2 Å². The number of benzene rings is 3. The average molecular weight is 519 g/mol. The highest BCUT2D eigenvalue weighted by Gasteiger charge is 2.39. The zero-order valence-electron chi connectivity index (χ0n) is 17.6. The third-order valence-electron chi connectivity index (χ3n) is 5.32. The van der Waals surface area contributed by atoms with Gasteiger partial charge in [0.05, 0.1) is 13.2 Å². The Hall–Kier alpha value is -2.77. The lowest BCUT2D eigenvalue weighted by molar-refractivity contribution is 0.152. The molecule has 4 rings (SSSR count). The summed E-state index contributed by atoms with van der Waals surface area (Å²) in [6.45, 7) is 2.74. The van der Waals surface area contributed by atoms with Crippen LogP contribution in [0, 0.1) is 5.82 Å². The standard InChI is InChI=1S/C24H22BrClFN3O2/c1-3-32-29-24-19-10-15(25)11-21(28)22(19)23(18-12-16(27)6-9-20(18)26)30(24)13-14-4-7-17(31-2)8-5-14/h4-12,23H,3,13,28H2,1-2H3/b29-24+. The van der Waals surface area contributed by atoms with E-state index in [2.05, 4.69) is 21.1 Å². The van der Waals surface area contributed by atoms with E-state index in [0.29, 0.717) is 35.3 Å². The maximum absolute atomic E-state index is 14.3. The topological polar surface area (TPSA) is 60.1 Å². The van der Waals surface area contributed by atoms with E-state index in [1.807, 2.05) is 48.2 Å². The van der Waals surface area contributed by atoms with Crippen molar-refractivity contribution in [1.82, 2.24) is 4.90 Å². The smallest absolute Gasteiger partial charge is 0.177 e. The fraction of sp³-hybridized carbons (Fsp3) is 0.208. The lowest BCUT2D eigenvalue weighted by Gasteiger charge is -2.29. The molecule has 166 valence electrons. The number of fused-ring (bicyclic) bond motifs is 1. The van der Waals surface area contributed by atoms with E-state index in [9.17, 15) is 4.39 Å². The number of methoxy groups -OCH3 is 1. The van der Waals surface area contributed by atoms with Crippen molar-refractivity contribution in [2.45, 2.75) is 19.5 Å². The number of amidine groups is 1. The molecule has 1 unspecified atom stereocenters. The predicted molar refractivity (Wildman–Crippen MR) is 129 cm³/mol. The van der Waals surface area contributed by atoms with E-state index in [0.717, 1.165) is 26.9 Å². The van der Waals surface area contributed by atoms with Gasteiger partial charge in [-0.1, -0.05) is 44.8 Å². The molecule has 3 aromatic rings. The van der Waals surface area contributed by atoms with Gasteiger partial charge in [-0.05, 0) is 55.0 Å². The van der Waals surface area contributed by atoms with Crippen molar-refractivity contribution in [1.29, 1.82) is 0 Å². The van der Waals surface area contributed by atoms with Crippen molar-refractivity contribution in [3.8, 4) is 5.75 Å². The Morgan fingerprint density at radius 3 is 2.59 bits per heavy atom. The van der Waals surface area contributed by atoms with Gasteiger partial charge in [0.15, 0.2) is 5.84 Å². The normalized spacial score (nSPS) is 16.3. The molecule has 0 bridgehead atoms. The van der Waals surface area contributed by atoms with Gasteiger partial charge in [-0.3, -0.25) is 0 Å². The summed E-state index contributed by atoms with van der Waals surface area (Å²) in [5.74, 6) is 0.997. The van der Waals surface area contributed by atoms with Crippen LogP contribution in [0.2, 0.25) is 5.02 Å². The first-order valence-corrected chi connectivity index (χ1v) is 11.2. The summed E-state index contributed by atoms with van der Waals surface area (Å²) in [7, 11) is 1.63. The van der Waals surface area contributed by atoms with Gasteiger partial charge in [0.25, 0.3) is 0 Å². The first kappa shape index (κ1) is 22.4. The Balaban J connectivity index is 1.91. The average Bonchev–Trinajstić information content (AvgIpc) is 3.07. The van der Waals surface area contributed by atoms with Gasteiger partial charge >= 0.3 is 0 Å². The molecule has 0 radical (unpaired) electrons. The van der Waals surface area contributed by atoms with Crippen molar-refractivity contribution in [2.24, 2.45) is 5.16 Å². The Bertz CT molecular complexity index is 1170. The van der Waals surface area contributed by atoms with Crippen LogP contribution in [0.25, 0.3) is 0 Å². The van der Waals surface area contributed by atoms with Crippen LogP contribution in [0.5, 0.6) is 5.75 Å². The third kappa shape index (κ3) is 4.27. The van der Waals surface area contributed by atoms with Gasteiger partial charge in [-0.2, -0.15) is 0 Å². The number of rotatable bonds is 6. The molecule has 8 heteroatoms. The second-order valence-electron chi connectivity index (χ2n) is 7.33. The number of ether oxygens (including phenoxy) is 1. The Morgan fingerprint density at radius 2 is 1.91 bits per heavy atom. The summed E-state index contributed by atoms with van der Waals surface area (Å²) in [5, 5.41) is 4.86. The quantitative estimate of drug-likeness (QED) is 0.315. The number of anilines is 1. The molecule has 0 amide bonds. The summed E-state index contributed by atoms with van der Waals surface area (Å²) in [5.41, 5.74) is 10.3. The monoisotopic (exact) mass is 517 g/mol. The molecule has 3 aromatic carbocycles. The van der Waals surface area contributed by atoms with Crippen molar-refractivity contribution < 1.29 is 14.0 Å². The summed E-state index contributed by atoms with van der Waals surface area (Å²) in [4.78, 5) is 7.49. The number of halogens is 3. The van der Waals surface area contributed by atoms with Gasteiger partial charge in [0, 0.05) is 38.4 Å². The summed E-state index contributed by atoms with van der Waals surface area (Å²) in [6.07, 6.45) is 0. The Labute approximate surface area is 199 Å². The minimum Gasteiger partial charge on any atom is -0.497 e. The number of nitrogens with zero attached hydrogens (tertiary/aromatic N) is 2. The minimum absolute atomic E-state index is 0.374. The molecular weight excluding hydrogens is 497 g/mol. The molecule has 0 spiro atoms. The fourth-order valence-corrected chi connectivity index (χ4v) is 4.63. The minimum atomic E-state index is -0.442. The Kier molecular flexibility index (Phi) is 6.58. The van der Waals surface area contributed by atoms with E-state index in [-0.39, 0.29) is 5.82 Å². The van der Waals surface area contributed by atoms with Crippen molar-refractivity contribution in [3.63, 3.8) is 0 Å². The molecule has 0 aromatic heterocycles. The molecule has 2 N–H and O–H groups in total. The molecule has 0 saturated heterocycles. The zero-order valence-corrected chi connectivity index (χ0v) is 20.0. The summed E-state index contributed by atoms with van der Waals surface area (Å²) in [6, 6.07) is 15.4. The molecule has 1 atom stereocenters. The van der Waals surface area contributed by atoms with Crippen LogP contribution in [-0.2, 0) is 11.4 Å². The molecule has 1 aliphatic heterocycles. The first-order chi connectivity index (χ1) is 15.4. The molecule has 0 fully saturated rings. The number of hydrogen-bond acceptors (Lipinski definition) is 4. The molecule has 0 saturated carbocycles. The van der Waals surface area contributed by atoms with E-state index >= 15 is 0 Å². The second-order valence-corrected chi connectivity index (χ2v) is 8.66. The van der Waals surface area contributed by atoms with Crippen molar-refractivity contribution in [3.05, 3.63) is 92.2 Å². The molecule has 1 aliphatic rings. The number of nitrogens with two attached hydrogens (primary N) is 1. The third-order valence-corrected chi connectivity index (χ3v) is 6.12. The van der Waals surface area contributed by atoms with Crippen LogP contribution >= 0.6 is 27.5 Å². The molecule has 32 heavy (non-hydrogen) atoms. The summed E-state index contributed by atoms with van der Waals surface area (Å²) >= 11 is 10.1. The highest BCUT2D eigenvalue weighted by Crippen LogP contribution is 2.46. The molecule has 5 nitrogen and oxygen atoms in total. The predicted octanol–water partition coefficient (Wildman–Crippen LogP) is 6.14. The van der Waals surface area contributed by atoms with Gasteiger partial charge < -0.3 is 20.2 Å². The highest BCUT2D eigenvalue weighted by atomic mass is 79.9. The molecular formula is C24H22BrClFN3O2. The molecule has 0 aliphatic carbocycles. The van der Waals surface area contributed by atoms with E-state index < -0.39 is 6.04 Å². The Morgan fingerprint density at radius 1 is 1.16 bits per heavy atom. The number of hydrogen-bond donors (Lipinski definition) is 1. The van der Waals surface area contributed by atoms with Gasteiger partial charge in [0.2, 0.25) is 0 Å². The second kappa shape index (κ2) is 9.38. The van der Waals surface area contributed by atoms with Crippen LogP contribution in [0.15, 0.2) is 64.2 Å². The van der Waals surface area contributed by atoms with Crippen molar-refractivity contribution in [2.75, 3.05) is 19.5 Å². The fourth-order valence-electron chi connectivity index (χ4n) is 3.93. The largest absolute Gasteiger partial charge is 0.497 e. The van der Waals surface area contributed by atoms with Crippen LogP contribution < -0.4 is 10.5 Å². The SMILES string of the molecule is CCO/N=C1\c2cc(Br)cc(N)c2C(c2cc(F)ccc2Cl)N1Cc1ccc(OC)cc1. The molecule has 1 heterocycles. The first-order valence-electron chi connectivity index (χ1n) is 10.1. The lowest BCUT2D eigenvalue weighted by atomic mass is 9.96. The maximum atomic E-state index is 14.3. The number of oxime groups is 1. The summed E-state index contributed by atoms with van der Waals surface area (Å²) < 4.78 is 20.4. The van der Waals surface area contributed by atoms with Crippen LogP contribution in [0.4, 0.5) is 10.1 Å². The van der Waals surface area contributed by atoms with Crippen LogP contribution in [-0.4, -0.2) is 24.5 Å². The lowest BCUT2D eigenvalue weighted by Crippen LogP contribution is -2.29. The highest BCUT2D eigenvalue weighted by molar-refractivity contribution is 9.10. The van der Waals surface area contributed by atoms with E-state index in [1.165, 1.54) is 12.1 Å². The van der Waals surface area contributed by atoms with Gasteiger partial charge in [-0.25, -0.2) is 4.39 Å². The van der Waals surface area contributed by atoms with E-state index in [4.69, 9.17) is 26.9 Å². The number of nitrogen functional groups attached to an aromatic ring is 1. The van der Waals surface area contributed by atoms with Crippen LogP contribution in [0.1, 0.15) is 35.2 Å². The van der Waals surface area contributed by atoms with Gasteiger partial charge in [-0.15, -0.1) is 0 Å². The van der Waals surface area contributed by atoms with E-state index in [1.54, 1.807) is 13.2 Å². The maximum Gasteiger partial charge on any atom is 0.177 e.